The summed E-state index contributed by atoms with van der Waals surface area (Å²) in [7, 11) is 1.72. The molecule has 0 saturated heterocycles. The zero-order chi connectivity index (χ0) is 12.9. The van der Waals surface area contributed by atoms with E-state index in [1.165, 1.54) is 0 Å². The van der Waals surface area contributed by atoms with Crippen LogP contribution in [0.5, 0.6) is 0 Å². The van der Waals surface area contributed by atoms with Gasteiger partial charge in [0, 0.05) is 37.4 Å². The third-order valence-electron chi connectivity index (χ3n) is 2.46. The molecular formula is C13H23N3O. The number of anilines is 1. The van der Waals surface area contributed by atoms with Gasteiger partial charge < -0.3 is 10.1 Å². The molecule has 0 unspecified atom stereocenters. The summed E-state index contributed by atoms with van der Waals surface area (Å²) in [6.45, 7) is 10.0. The Balaban J connectivity index is 2.70. The SMILES string of the molecule is COCCCNc1nc(C(C)(C)C)ncc1C. The van der Waals surface area contributed by atoms with Crippen LogP contribution in [0.1, 0.15) is 38.6 Å². The maximum Gasteiger partial charge on any atom is 0.135 e. The van der Waals surface area contributed by atoms with Crippen LogP contribution in [0.2, 0.25) is 0 Å². The minimum atomic E-state index is -0.0172. The lowest BCUT2D eigenvalue weighted by Crippen LogP contribution is -2.18. The van der Waals surface area contributed by atoms with E-state index in [1.807, 2.05) is 13.1 Å². The zero-order valence-electron chi connectivity index (χ0n) is 11.5. The van der Waals surface area contributed by atoms with Crippen molar-refractivity contribution in [2.75, 3.05) is 25.6 Å². The van der Waals surface area contributed by atoms with Crippen molar-refractivity contribution in [3.8, 4) is 0 Å². The number of methoxy groups -OCH3 is 1. The molecule has 1 heterocycles. The molecule has 0 bridgehead atoms. The molecule has 0 fully saturated rings. The first-order chi connectivity index (χ1) is 7.95. The standard InChI is InChI=1S/C13H23N3O/c1-10-9-15-12(13(2,3)4)16-11(10)14-7-6-8-17-5/h9H,6-8H2,1-5H3,(H,14,15,16). The minimum Gasteiger partial charge on any atom is -0.385 e. The fraction of sp³-hybridized carbons (Fsp3) is 0.692. The number of hydrogen-bond donors (Lipinski definition) is 1. The van der Waals surface area contributed by atoms with Gasteiger partial charge in [-0.2, -0.15) is 0 Å². The van der Waals surface area contributed by atoms with Crippen LogP contribution in [-0.4, -0.2) is 30.2 Å². The summed E-state index contributed by atoms with van der Waals surface area (Å²) in [6.07, 6.45) is 2.86. The van der Waals surface area contributed by atoms with Crippen molar-refractivity contribution in [3.05, 3.63) is 17.6 Å². The van der Waals surface area contributed by atoms with Gasteiger partial charge in [-0.3, -0.25) is 0 Å². The van der Waals surface area contributed by atoms with Crippen molar-refractivity contribution >= 4 is 5.82 Å². The van der Waals surface area contributed by atoms with E-state index in [9.17, 15) is 0 Å². The van der Waals surface area contributed by atoms with Gasteiger partial charge in [-0.1, -0.05) is 20.8 Å². The number of nitrogens with one attached hydrogen (secondary N) is 1. The quantitative estimate of drug-likeness (QED) is 0.799. The molecule has 0 amide bonds. The molecule has 0 atom stereocenters. The van der Waals surface area contributed by atoms with Gasteiger partial charge in [0.2, 0.25) is 0 Å². The third kappa shape index (κ3) is 4.30. The second kappa shape index (κ2) is 5.96. The number of ether oxygens (including phenoxy) is 1. The molecule has 0 saturated carbocycles. The molecule has 0 aliphatic rings. The summed E-state index contributed by atoms with van der Waals surface area (Å²) < 4.78 is 5.02. The molecule has 1 aromatic heterocycles. The van der Waals surface area contributed by atoms with Crippen molar-refractivity contribution < 1.29 is 4.74 Å². The molecule has 17 heavy (non-hydrogen) atoms. The van der Waals surface area contributed by atoms with E-state index >= 15 is 0 Å². The lowest BCUT2D eigenvalue weighted by molar-refractivity contribution is 0.197. The highest BCUT2D eigenvalue weighted by Gasteiger charge is 2.18. The molecule has 0 aliphatic heterocycles. The summed E-state index contributed by atoms with van der Waals surface area (Å²) in [5.74, 6) is 1.80. The molecule has 4 nitrogen and oxygen atoms in total. The average Bonchev–Trinajstić information content (AvgIpc) is 2.25. The maximum absolute atomic E-state index is 5.02. The Bertz CT molecular complexity index is 358. The van der Waals surface area contributed by atoms with Gasteiger partial charge in [0.25, 0.3) is 0 Å². The largest absolute Gasteiger partial charge is 0.385 e. The normalized spacial score (nSPS) is 11.6. The molecule has 96 valence electrons. The van der Waals surface area contributed by atoms with E-state index in [0.29, 0.717) is 0 Å². The van der Waals surface area contributed by atoms with E-state index in [1.54, 1.807) is 7.11 Å². The first kappa shape index (κ1) is 13.9. The van der Waals surface area contributed by atoms with Crippen LogP contribution in [-0.2, 0) is 10.2 Å². The van der Waals surface area contributed by atoms with Crippen molar-refractivity contribution in [2.24, 2.45) is 0 Å². The summed E-state index contributed by atoms with van der Waals surface area (Å²) in [6, 6.07) is 0. The smallest absolute Gasteiger partial charge is 0.135 e. The molecule has 1 rings (SSSR count). The molecular weight excluding hydrogens is 214 g/mol. The Morgan fingerprint density at radius 2 is 2.06 bits per heavy atom. The lowest BCUT2D eigenvalue weighted by atomic mass is 9.95. The number of hydrogen-bond acceptors (Lipinski definition) is 4. The van der Waals surface area contributed by atoms with E-state index in [2.05, 4.69) is 36.1 Å². The number of aryl methyl sites for hydroxylation is 1. The second-order valence-corrected chi connectivity index (χ2v) is 5.25. The van der Waals surface area contributed by atoms with Crippen molar-refractivity contribution in [1.29, 1.82) is 0 Å². The Hall–Kier alpha value is -1.16. The van der Waals surface area contributed by atoms with Crippen LogP contribution >= 0.6 is 0 Å². The highest BCUT2D eigenvalue weighted by Crippen LogP contribution is 2.20. The fourth-order valence-corrected chi connectivity index (χ4v) is 1.41. The fourth-order valence-electron chi connectivity index (χ4n) is 1.41. The molecule has 0 spiro atoms. The topological polar surface area (TPSA) is 47.0 Å². The molecule has 1 N–H and O–H groups in total. The Kier molecular flexibility index (Phi) is 4.87. The minimum absolute atomic E-state index is 0.0172. The van der Waals surface area contributed by atoms with Crippen molar-refractivity contribution in [1.82, 2.24) is 9.97 Å². The summed E-state index contributed by atoms with van der Waals surface area (Å²) in [5, 5.41) is 3.33. The monoisotopic (exact) mass is 237 g/mol. The van der Waals surface area contributed by atoms with E-state index < -0.39 is 0 Å². The van der Waals surface area contributed by atoms with Crippen LogP contribution in [0.3, 0.4) is 0 Å². The summed E-state index contributed by atoms with van der Waals surface area (Å²) >= 11 is 0. The van der Waals surface area contributed by atoms with Crippen LogP contribution in [0.4, 0.5) is 5.82 Å². The second-order valence-electron chi connectivity index (χ2n) is 5.25. The molecule has 1 aromatic rings. The predicted molar refractivity (Wildman–Crippen MR) is 70.5 cm³/mol. The maximum atomic E-state index is 5.02. The van der Waals surface area contributed by atoms with Gasteiger partial charge in [-0.25, -0.2) is 9.97 Å². The number of aromatic nitrogens is 2. The first-order valence-corrected chi connectivity index (χ1v) is 6.02. The molecule has 0 aliphatic carbocycles. The Morgan fingerprint density at radius 3 is 2.65 bits per heavy atom. The van der Waals surface area contributed by atoms with Crippen molar-refractivity contribution in [3.63, 3.8) is 0 Å². The summed E-state index contributed by atoms with van der Waals surface area (Å²) in [5.41, 5.74) is 1.06. The van der Waals surface area contributed by atoms with Gasteiger partial charge in [0.05, 0.1) is 0 Å². The van der Waals surface area contributed by atoms with Gasteiger partial charge in [-0.15, -0.1) is 0 Å². The Labute approximate surface area is 104 Å². The third-order valence-corrected chi connectivity index (χ3v) is 2.46. The molecule has 0 radical (unpaired) electrons. The van der Waals surface area contributed by atoms with Gasteiger partial charge >= 0.3 is 0 Å². The lowest BCUT2D eigenvalue weighted by Gasteiger charge is -2.18. The predicted octanol–water partition coefficient (Wildman–Crippen LogP) is 2.53. The van der Waals surface area contributed by atoms with Crippen LogP contribution < -0.4 is 5.32 Å². The van der Waals surface area contributed by atoms with Crippen LogP contribution in [0, 0.1) is 6.92 Å². The molecule has 4 heteroatoms. The van der Waals surface area contributed by atoms with Crippen LogP contribution in [0.25, 0.3) is 0 Å². The first-order valence-electron chi connectivity index (χ1n) is 6.02. The number of rotatable bonds is 5. The Morgan fingerprint density at radius 1 is 1.35 bits per heavy atom. The van der Waals surface area contributed by atoms with Gasteiger partial charge in [-0.05, 0) is 13.3 Å². The van der Waals surface area contributed by atoms with Crippen molar-refractivity contribution in [2.45, 2.75) is 39.5 Å². The van der Waals surface area contributed by atoms with E-state index in [4.69, 9.17) is 4.74 Å². The number of nitrogens with zero attached hydrogens (tertiary/aromatic N) is 2. The van der Waals surface area contributed by atoms with E-state index in [-0.39, 0.29) is 5.41 Å². The molecule has 0 aromatic carbocycles. The summed E-state index contributed by atoms with van der Waals surface area (Å²) in [4.78, 5) is 8.96. The van der Waals surface area contributed by atoms with Gasteiger partial charge in [0.1, 0.15) is 11.6 Å². The zero-order valence-corrected chi connectivity index (χ0v) is 11.5. The average molecular weight is 237 g/mol. The van der Waals surface area contributed by atoms with Gasteiger partial charge in [0.15, 0.2) is 0 Å². The van der Waals surface area contributed by atoms with Crippen LogP contribution in [0.15, 0.2) is 6.20 Å². The highest BCUT2D eigenvalue weighted by atomic mass is 16.5. The van der Waals surface area contributed by atoms with E-state index in [0.717, 1.165) is 36.8 Å². The highest BCUT2D eigenvalue weighted by molar-refractivity contribution is 5.42.